The summed E-state index contributed by atoms with van der Waals surface area (Å²) < 4.78 is 5.65. The van der Waals surface area contributed by atoms with Crippen LogP contribution in [0.15, 0.2) is 24.3 Å². The lowest BCUT2D eigenvalue weighted by Gasteiger charge is -2.35. The van der Waals surface area contributed by atoms with Gasteiger partial charge in [0.25, 0.3) is 0 Å². The van der Waals surface area contributed by atoms with Crippen LogP contribution >= 0.6 is 11.6 Å². The van der Waals surface area contributed by atoms with Gasteiger partial charge in [0.15, 0.2) is 0 Å². The Kier molecular flexibility index (Phi) is 6.30. The molecule has 112 valence electrons. The lowest BCUT2D eigenvalue weighted by atomic mass is 10.1. The maximum atomic E-state index is 10.7. The van der Waals surface area contributed by atoms with E-state index in [2.05, 4.69) is 25.7 Å². The van der Waals surface area contributed by atoms with Crippen molar-refractivity contribution in [2.24, 2.45) is 0 Å². The van der Waals surface area contributed by atoms with Gasteiger partial charge in [-0.1, -0.05) is 17.7 Å². The quantitative estimate of drug-likeness (QED) is 0.839. The smallest absolute Gasteiger partial charge is 0.304 e. The second-order valence-corrected chi connectivity index (χ2v) is 6.04. The number of halogens is 1. The molecule has 0 amide bonds. The molecule has 0 saturated carbocycles. The van der Waals surface area contributed by atoms with Crippen LogP contribution in [0.1, 0.15) is 27.2 Å². The summed E-state index contributed by atoms with van der Waals surface area (Å²) in [5, 5.41) is 9.43. The second kappa shape index (κ2) is 7.50. The minimum atomic E-state index is -0.782. The lowest BCUT2D eigenvalue weighted by molar-refractivity contribution is -0.137. The number of hydrogen-bond donors (Lipinski definition) is 1. The van der Waals surface area contributed by atoms with E-state index in [9.17, 15) is 4.79 Å². The van der Waals surface area contributed by atoms with Crippen LogP contribution in [0, 0.1) is 0 Å². The minimum Gasteiger partial charge on any atom is -0.492 e. The molecule has 1 N–H and O–H groups in total. The zero-order valence-corrected chi connectivity index (χ0v) is 13.0. The highest BCUT2D eigenvalue weighted by atomic mass is 35.5. The number of benzene rings is 1. The van der Waals surface area contributed by atoms with Crippen molar-refractivity contribution in [1.82, 2.24) is 4.90 Å². The Bertz CT molecular complexity index is 443. The molecular weight excluding hydrogens is 278 g/mol. The van der Waals surface area contributed by atoms with E-state index in [1.165, 1.54) is 0 Å². The first-order chi connectivity index (χ1) is 9.29. The monoisotopic (exact) mass is 299 g/mol. The molecule has 0 saturated heterocycles. The van der Waals surface area contributed by atoms with Gasteiger partial charge < -0.3 is 9.84 Å². The molecule has 0 heterocycles. The summed E-state index contributed by atoms with van der Waals surface area (Å²) in [7, 11) is 0. The van der Waals surface area contributed by atoms with Gasteiger partial charge >= 0.3 is 5.97 Å². The van der Waals surface area contributed by atoms with Crippen molar-refractivity contribution < 1.29 is 14.6 Å². The van der Waals surface area contributed by atoms with Gasteiger partial charge in [-0.05, 0) is 39.0 Å². The van der Waals surface area contributed by atoms with Crippen molar-refractivity contribution in [3.8, 4) is 5.75 Å². The second-order valence-electron chi connectivity index (χ2n) is 5.61. The Labute approximate surface area is 125 Å². The van der Waals surface area contributed by atoms with Crippen molar-refractivity contribution >= 4 is 17.6 Å². The Morgan fingerprint density at radius 3 is 2.60 bits per heavy atom. The third-order valence-electron chi connectivity index (χ3n) is 2.97. The first-order valence-electron chi connectivity index (χ1n) is 6.64. The molecule has 1 rings (SSSR count). The summed E-state index contributed by atoms with van der Waals surface area (Å²) in [6.45, 7) is 7.87. The number of nitrogens with zero attached hydrogens (tertiary/aromatic N) is 1. The Hall–Kier alpha value is -1.26. The molecule has 0 fully saturated rings. The zero-order chi connectivity index (χ0) is 15.2. The van der Waals surface area contributed by atoms with E-state index in [0.717, 1.165) is 5.75 Å². The summed E-state index contributed by atoms with van der Waals surface area (Å²) in [5.41, 5.74) is -0.0901. The van der Waals surface area contributed by atoms with Gasteiger partial charge in [-0.2, -0.15) is 0 Å². The van der Waals surface area contributed by atoms with E-state index in [1.807, 2.05) is 12.1 Å². The highest BCUT2D eigenvalue weighted by molar-refractivity contribution is 6.30. The molecule has 1 aromatic carbocycles. The highest BCUT2D eigenvalue weighted by Crippen LogP contribution is 2.18. The molecule has 0 atom stereocenters. The van der Waals surface area contributed by atoms with Gasteiger partial charge in [0.1, 0.15) is 12.4 Å². The normalized spacial score (nSPS) is 11.7. The van der Waals surface area contributed by atoms with Gasteiger partial charge in [-0.15, -0.1) is 0 Å². The van der Waals surface area contributed by atoms with Crippen LogP contribution in [-0.2, 0) is 4.79 Å². The van der Waals surface area contributed by atoms with Gasteiger partial charge in [0.05, 0.1) is 6.42 Å². The summed E-state index contributed by atoms with van der Waals surface area (Å²) in [5.74, 6) is -0.0559. The highest BCUT2D eigenvalue weighted by Gasteiger charge is 2.21. The topological polar surface area (TPSA) is 49.8 Å². The Balaban J connectivity index is 2.48. The molecule has 0 aliphatic carbocycles. The number of ether oxygens (including phenoxy) is 1. The average Bonchev–Trinajstić information content (AvgIpc) is 2.31. The largest absolute Gasteiger partial charge is 0.492 e. The van der Waals surface area contributed by atoms with Gasteiger partial charge in [-0.25, -0.2) is 0 Å². The maximum absolute atomic E-state index is 10.7. The van der Waals surface area contributed by atoms with Crippen LogP contribution in [-0.4, -0.2) is 41.2 Å². The fraction of sp³-hybridized carbons (Fsp3) is 0.533. The third kappa shape index (κ3) is 6.26. The molecule has 5 heteroatoms. The van der Waals surface area contributed by atoms with Crippen LogP contribution in [0.5, 0.6) is 5.75 Å². The molecule has 0 radical (unpaired) electrons. The molecule has 4 nitrogen and oxygen atoms in total. The fourth-order valence-corrected chi connectivity index (χ4v) is 2.02. The van der Waals surface area contributed by atoms with E-state index in [0.29, 0.717) is 24.7 Å². The third-order valence-corrected chi connectivity index (χ3v) is 3.21. The minimum absolute atomic E-state index is 0.0901. The van der Waals surface area contributed by atoms with Gasteiger partial charge in [-0.3, -0.25) is 9.69 Å². The van der Waals surface area contributed by atoms with Crippen molar-refractivity contribution in [2.45, 2.75) is 32.7 Å². The number of carboxylic acids is 1. The predicted octanol–water partition coefficient (Wildman–Crippen LogP) is 3.29. The lowest BCUT2D eigenvalue weighted by Crippen LogP contribution is -2.44. The predicted molar refractivity (Wildman–Crippen MR) is 80.5 cm³/mol. The SMILES string of the molecule is CC(C)(C)N(CCOc1cccc(Cl)c1)CCC(=O)O. The van der Waals surface area contributed by atoms with Crippen molar-refractivity contribution in [3.05, 3.63) is 29.3 Å². The molecule has 0 bridgehead atoms. The fourth-order valence-electron chi connectivity index (χ4n) is 1.84. The number of hydrogen-bond acceptors (Lipinski definition) is 3. The van der Waals surface area contributed by atoms with Crippen LogP contribution in [0.4, 0.5) is 0 Å². The van der Waals surface area contributed by atoms with Crippen molar-refractivity contribution in [2.75, 3.05) is 19.7 Å². The van der Waals surface area contributed by atoms with E-state index in [4.69, 9.17) is 21.4 Å². The summed E-state index contributed by atoms with van der Waals surface area (Å²) in [4.78, 5) is 12.8. The Morgan fingerprint density at radius 2 is 2.05 bits per heavy atom. The van der Waals surface area contributed by atoms with Crippen molar-refractivity contribution in [3.63, 3.8) is 0 Å². The van der Waals surface area contributed by atoms with Crippen LogP contribution in [0.2, 0.25) is 5.02 Å². The molecule has 0 unspecified atom stereocenters. The average molecular weight is 300 g/mol. The maximum Gasteiger partial charge on any atom is 0.304 e. The summed E-state index contributed by atoms with van der Waals surface area (Å²) in [6, 6.07) is 7.25. The number of carbonyl (C=O) groups is 1. The molecule has 0 spiro atoms. The number of carboxylic acid groups (broad SMARTS) is 1. The van der Waals surface area contributed by atoms with Crippen molar-refractivity contribution in [1.29, 1.82) is 0 Å². The molecule has 0 aliphatic heterocycles. The number of rotatable bonds is 7. The summed E-state index contributed by atoms with van der Waals surface area (Å²) in [6.07, 6.45) is 0.133. The molecular formula is C15H22ClNO3. The van der Waals surface area contributed by atoms with Crippen LogP contribution < -0.4 is 4.74 Å². The van der Waals surface area contributed by atoms with E-state index in [1.54, 1.807) is 12.1 Å². The van der Waals surface area contributed by atoms with Crippen LogP contribution in [0.3, 0.4) is 0 Å². The zero-order valence-electron chi connectivity index (χ0n) is 12.2. The molecule has 20 heavy (non-hydrogen) atoms. The van der Waals surface area contributed by atoms with Gasteiger partial charge in [0.2, 0.25) is 0 Å². The van der Waals surface area contributed by atoms with Gasteiger partial charge in [0, 0.05) is 23.7 Å². The molecule has 0 aliphatic rings. The first kappa shape index (κ1) is 16.8. The van der Waals surface area contributed by atoms with E-state index >= 15 is 0 Å². The number of aliphatic carboxylic acids is 1. The standard InChI is InChI=1S/C15H22ClNO3/c1-15(2,3)17(8-7-14(18)19)9-10-20-13-6-4-5-12(16)11-13/h4-6,11H,7-10H2,1-3H3,(H,18,19). The molecule has 1 aromatic rings. The summed E-state index contributed by atoms with van der Waals surface area (Å²) >= 11 is 5.89. The van der Waals surface area contributed by atoms with Crippen LogP contribution in [0.25, 0.3) is 0 Å². The van der Waals surface area contributed by atoms with E-state index < -0.39 is 5.97 Å². The Morgan fingerprint density at radius 1 is 1.35 bits per heavy atom. The molecule has 0 aromatic heterocycles. The van der Waals surface area contributed by atoms with E-state index in [-0.39, 0.29) is 12.0 Å². The first-order valence-corrected chi connectivity index (χ1v) is 7.02.